The van der Waals surface area contributed by atoms with Gasteiger partial charge in [0.25, 0.3) is 0 Å². The first-order chi connectivity index (χ1) is 8.70. The molecule has 1 saturated carbocycles. The largest absolute Gasteiger partial charge is 0.399 e. The number of carbonyl (C=O) groups excluding carboxylic acids is 1. The summed E-state index contributed by atoms with van der Waals surface area (Å²) in [4.78, 5) is 13.9. The molecular formula is C14H20N2O2. The maximum absolute atomic E-state index is 12.0. The Kier molecular flexibility index (Phi) is 4.20. The van der Waals surface area contributed by atoms with E-state index >= 15 is 0 Å². The van der Waals surface area contributed by atoms with Crippen LogP contribution in [0.5, 0.6) is 0 Å². The van der Waals surface area contributed by atoms with Gasteiger partial charge < -0.3 is 15.7 Å². The standard InChI is InChI=1S/C14H20N2O2/c15-12-4-1-11(2-5-12)3-8-14(18)16(9-10-17)13-6-7-13/h1-2,4-5,13,17H,3,6-10,15H2. The van der Waals surface area contributed by atoms with Crippen molar-refractivity contribution in [2.24, 2.45) is 0 Å². The molecule has 1 aromatic carbocycles. The number of nitrogens with zero attached hydrogens (tertiary/aromatic N) is 1. The van der Waals surface area contributed by atoms with Gasteiger partial charge in [0.2, 0.25) is 5.91 Å². The lowest BCUT2D eigenvalue weighted by Gasteiger charge is -2.21. The molecule has 1 aromatic rings. The van der Waals surface area contributed by atoms with Crippen molar-refractivity contribution in [3.05, 3.63) is 29.8 Å². The summed E-state index contributed by atoms with van der Waals surface area (Å²) in [5, 5.41) is 8.97. The Morgan fingerprint density at radius 3 is 2.56 bits per heavy atom. The second-order valence-corrected chi connectivity index (χ2v) is 4.78. The van der Waals surface area contributed by atoms with E-state index in [1.165, 1.54) is 0 Å². The van der Waals surface area contributed by atoms with Crippen molar-refractivity contribution >= 4 is 11.6 Å². The van der Waals surface area contributed by atoms with Crippen LogP contribution >= 0.6 is 0 Å². The van der Waals surface area contributed by atoms with Crippen LogP contribution in [0.15, 0.2) is 24.3 Å². The number of nitrogen functional groups attached to an aromatic ring is 1. The van der Waals surface area contributed by atoms with E-state index in [4.69, 9.17) is 10.8 Å². The molecule has 18 heavy (non-hydrogen) atoms. The molecule has 0 radical (unpaired) electrons. The maximum atomic E-state index is 12.0. The molecular weight excluding hydrogens is 228 g/mol. The molecule has 0 unspecified atom stereocenters. The average Bonchev–Trinajstić information content (AvgIpc) is 3.19. The van der Waals surface area contributed by atoms with E-state index in [9.17, 15) is 4.79 Å². The third-order valence-corrected chi connectivity index (χ3v) is 3.26. The Morgan fingerprint density at radius 2 is 2.00 bits per heavy atom. The highest BCUT2D eigenvalue weighted by Crippen LogP contribution is 2.27. The Balaban J connectivity index is 1.84. The number of aliphatic hydroxyl groups excluding tert-OH is 1. The number of nitrogens with two attached hydrogens (primary N) is 1. The van der Waals surface area contributed by atoms with Crippen molar-refractivity contribution in [1.29, 1.82) is 0 Å². The third kappa shape index (κ3) is 3.47. The number of aryl methyl sites for hydroxylation is 1. The number of hydrogen-bond acceptors (Lipinski definition) is 3. The van der Waals surface area contributed by atoms with Crippen LogP contribution in [-0.4, -0.2) is 35.1 Å². The SMILES string of the molecule is Nc1ccc(CCC(=O)N(CCO)C2CC2)cc1. The number of hydrogen-bond donors (Lipinski definition) is 2. The Morgan fingerprint density at radius 1 is 1.33 bits per heavy atom. The predicted octanol–water partition coefficient (Wildman–Crippen LogP) is 1.18. The molecule has 1 amide bonds. The molecule has 3 N–H and O–H groups in total. The van der Waals surface area contributed by atoms with Gasteiger partial charge in [0.15, 0.2) is 0 Å². The Labute approximate surface area is 107 Å². The lowest BCUT2D eigenvalue weighted by molar-refractivity contribution is -0.132. The summed E-state index contributed by atoms with van der Waals surface area (Å²) in [5.74, 6) is 0.142. The molecule has 0 bridgehead atoms. The summed E-state index contributed by atoms with van der Waals surface area (Å²) < 4.78 is 0. The predicted molar refractivity (Wildman–Crippen MR) is 71.0 cm³/mol. The topological polar surface area (TPSA) is 66.6 Å². The highest BCUT2D eigenvalue weighted by molar-refractivity contribution is 5.77. The van der Waals surface area contributed by atoms with Gasteiger partial charge in [-0.1, -0.05) is 12.1 Å². The number of aliphatic hydroxyl groups is 1. The van der Waals surface area contributed by atoms with E-state index in [2.05, 4.69) is 0 Å². The van der Waals surface area contributed by atoms with E-state index in [1.54, 1.807) is 0 Å². The average molecular weight is 248 g/mol. The van der Waals surface area contributed by atoms with Gasteiger partial charge in [0.05, 0.1) is 6.61 Å². The summed E-state index contributed by atoms with van der Waals surface area (Å²) in [7, 11) is 0. The summed E-state index contributed by atoms with van der Waals surface area (Å²) in [6.45, 7) is 0.509. The first kappa shape index (κ1) is 12.9. The third-order valence-electron chi connectivity index (χ3n) is 3.26. The minimum atomic E-state index is 0.0457. The summed E-state index contributed by atoms with van der Waals surface area (Å²) in [6, 6.07) is 7.99. The molecule has 4 nitrogen and oxygen atoms in total. The first-order valence-electron chi connectivity index (χ1n) is 6.45. The lowest BCUT2D eigenvalue weighted by atomic mass is 10.1. The second kappa shape index (κ2) is 5.87. The fraction of sp³-hybridized carbons (Fsp3) is 0.500. The second-order valence-electron chi connectivity index (χ2n) is 4.78. The van der Waals surface area contributed by atoms with Gasteiger partial charge in [0, 0.05) is 24.7 Å². The lowest BCUT2D eigenvalue weighted by Crippen LogP contribution is -2.35. The van der Waals surface area contributed by atoms with Gasteiger partial charge in [-0.2, -0.15) is 0 Å². The van der Waals surface area contributed by atoms with Crippen LogP contribution in [0.3, 0.4) is 0 Å². The van der Waals surface area contributed by atoms with Gasteiger partial charge in [-0.05, 0) is 37.0 Å². The molecule has 0 spiro atoms. The van der Waals surface area contributed by atoms with E-state index < -0.39 is 0 Å². The van der Waals surface area contributed by atoms with Crippen molar-refractivity contribution in [1.82, 2.24) is 4.90 Å². The van der Waals surface area contributed by atoms with Crippen LogP contribution in [-0.2, 0) is 11.2 Å². The summed E-state index contributed by atoms with van der Waals surface area (Å²) in [5.41, 5.74) is 7.48. The minimum absolute atomic E-state index is 0.0457. The van der Waals surface area contributed by atoms with Crippen LogP contribution in [0.1, 0.15) is 24.8 Å². The molecule has 4 heteroatoms. The molecule has 0 aliphatic heterocycles. The molecule has 98 valence electrons. The molecule has 1 aliphatic rings. The maximum Gasteiger partial charge on any atom is 0.223 e. The minimum Gasteiger partial charge on any atom is -0.399 e. The van der Waals surface area contributed by atoms with E-state index in [0.717, 1.165) is 30.5 Å². The number of rotatable bonds is 6. The highest BCUT2D eigenvalue weighted by atomic mass is 16.3. The molecule has 0 saturated heterocycles. The normalized spacial score (nSPS) is 14.5. The van der Waals surface area contributed by atoms with Crippen LogP contribution in [0.2, 0.25) is 0 Å². The molecule has 1 fully saturated rings. The van der Waals surface area contributed by atoms with Crippen LogP contribution < -0.4 is 5.73 Å². The molecule has 0 atom stereocenters. The van der Waals surface area contributed by atoms with Crippen LogP contribution in [0, 0.1) is 0 Å². The fourth-order valence-corrected chi connectivity index (χ4v) is 2.08. The number of benzene rings is 1. The zero-order valence-electron chi connectivity index (χ0n) is 10.5. The van der Waals surface area contributed by atoms with E-state index in [-0.39, 0.29) is 12.5 Å². The van der Waals surface area contributed by atoms with Gasteiger partial charge in [0.1, 0.15) is 0 Å². The van der Waals surface area contributed by atoms with E-state index in [0.29, 0.717) is 19.0 Å². The van der Waals surface area contributed by atoms with Crippen molar-refractivity contribution < 1.29 is 9.90 Å². The highest BCUT2D eigenvalue weighted by Gasteiger charge is 2.31. The first-order valence-corrected chi connectivity index (χ1v) is 6.45. The quantitative estimate of drug-likeness (QED) is 0.743. The fourth-order valence-electron chi connectivity index (χ4n) is 2.08. The zero-order valence-corrected chi connectivity index (χ0v) is 10.5. The zero-order chi connectivity index (χ0) is 13.0. The molecule has 0 heterocycles. The van der Waals surface area contributed by atoms with Crippen molar-refractivity contribution in [2.45, 2.75) is 31.7 Å². The van der Waals surface area contributed by atoms with Gasteiger partial charge in [-0.3, -0.25) is 4.79 Å². The van der Waals surface area contributed by atoms with Crippen molar-refractivity contribution in [3.8, 4) is 0 Å². The van der Waals surface area contributed by atoms with Crippen molar-refractivity contribution in [3.63, 3.8) is 0 Å². The summed E-state index contributed by atoms with van der Waals surface area (Å²) >= 11 is 0. The Hall–Kier alpha value is -1.55. The van der Waals surface area contributed by atoms with E-state index in [1.807, 2.05) is 29.2 Å². The smallest absolute Gasteiger partial charge is 0.223 e. The van der Waals surface area contributed by atoms with Crippen molar-refractivity contribution in [2.75, 3.05) is 18.9 Å². The van der Waals surface area contributed by atoms with Crippen LogP contribution in [0.4, 0.5) is 5.69 Å². The number of amides is 1. The Bertz CT molecular complexity index is 399. The van der Waals surface area contributed by atoms with Gasteiger partial charge >= 0.3 is 0 Å². The van der Waals surface area contributed by atoms with Gasteiger partial charge in [-0.15, -0.1) is 0 Å². The number of carbonyl (C=O) groups is 1. The molecule has 1 aliphatic carbocycles. The number of anilines is 1. The van der Waals surface area contributed by atoms with Crippen LogP contribution in [0.25, 0.3) is 0 Å². The molecule has 0 aromatic heterocycles. The monoisotopic (exact) mass is 248 g/mol. The molecule has 2 rings (SSSR count). The summed E-state index contributed by atoms with van der Waals surface area (Å²) in [6.07, 6.45) is 3.38. The van der Waals surface area contributed by atoms with Gasteiger partial charge in [-0.25, -0.2) is 0 Å².